The predicted molar refractivity (Wildman–Crippen MR) is 86.0 cm³/mol. The van der Waals surface area contributed by atoms with Gasteiger partial charge in [0.25, 0.3) is 0 Å². The third-order valence-corrected chi connectivity index (χ3v) is 4.88. The van der Waals surface area contributed by atoms with E-state index in [0.29, 0.717) is 0 Å². The summed E-state index contributed by atoms with van der Waals surface area (Å²) in [5.74, 6) is 0. The summed E-state index contributed by atoms with van der Waals surface area (Å²) < 4.78 is 0. The van der Waals surface area contributed by atoms with Gasteiger partial charge in [-0.2, -0.15) is 0 Å². The first-order valence-corrected chi connectivity index (χ1v) is 8.19. The van der Waals surface area contributed by atoms with Crippen molar-refractivity contribution in [3.8, 4) is 0 Å². The van der Waals surface area contributed by atoms with E-state index in [-0.39, 0.29) is 0 Å². The maximum atomic E-state index is 4.87. The lowest BCUT2D eigenvalue weighted by Gasteiger charge is -2.15. The summed E-state index contributed by atoms with van der Waals surface area (Å²) >= 11 is 1.84. The molecular weight excluding hydrogens is 266 g/mol. The average Bonchev–Trinajstić information content (AvgIpc) is 3.08. The van der Waals surface area contributed by atoms with Crippen LogP contribution >= 0.6 is 11.3 Å². The molecule has 1 aromatic carbocycles. The van der Waals surface area contributed by atoms with Crippen LogP contribution in [0.15, 0.2) is 24.3 Å². The highest BCUT2D eigenvalue weighted by Crippen LogP contribution is 2.37. The predicted octanol–water partition coefficient (Wildman–Crippen LogP) is 3.51. The lowest BCUT2D eigenvalue weighted by atomic mass is 10.2. The number of benzene rings is 1. The van der Waals surface area contributed by atoms with Gasteiger partial charge in [-0.1, -0.05) is 43.4 Å². The largest absolute Gasteiger partial charge is 0.317 e. The van der Waals surface area contributed by atoms with Crippen LogP contribution < -0.4 is 10.2 Å². The number of anilines is 2. The van der Waals surface area contributed by atoms with Crippen molar-refractivity contribution in [2.45, 2.75) is 33.2 Å². The summed E-state index contributed by atoms with van der Waals surface area (Å²) in [6.45, 7) is 7.32. The monoisotopic (exact) mass is 287 g/mol. The molecule has 1 aliphatic heterocycles. The molecule has 1 aromatic heterocycles. The number of aromatic nitrogens is 1. The molecule has 0 bridgehead atoms. The number of thiazole rings is 1. The summed E-state index contributed by atoms with van der Waals surface area (Å²) in [5, 5.41) is 4.57. The van der Waals surface area contributed by atoms with E-state index in [4.69, 9.17) is 4.98 Å². The summed E-state index contributed by atoms with van der Waals surface area (Å²) in [7, 11) is 0. The molecule has 2 heterocycles. The van der Waals surface area contributed by atoms with Crippen LogP contribution in [-0.2, 0) is 19.4 Å². The number of aryl methyl sites for hydroxylation is 1. The minimum Gasteiger partial charge on any atom is -0.317 e. The van der Waals surface area contributed by atoms with Gasteiger partial charge >= 0.3 is 0 Å². The SMILES string of the molecule is CCNCc1sc(N2CCc3ccccc32)nc1CC. The van der Waals surface area contributed by atoms with Crippen molar-refractivity contribution in [2.75, 3.05) is 18.0 Å². The normalized spacial score (nSPS) is 13.8. The van der Waals surface area contributed by atoms with Crippen molar-refractivity contribution in [1.82, 2.24) is 10.3 Å². The zero-order chi connectivity index (χ0) is 13.9. The van der Waals surface area contributed by atoms with Crippen molar-refractivity contribution in [2.24, 2.45) is 0 Å². The molecule has 0 aliphatic carbocycles. The van der Waals surface area contributed by atoms with Crippen LogP contribution in [0.3, 0.4) is 0 Å². The first kappa shape index (κ1) is 13.6. The molecule has 20 heavy (non-hydrogen) atoms. The van der Waals surface area contributed by atoms with Gasteiger partial charge in [0.15, 0.2) is 5.13 Å². The summed E-state index contributed by atoms with van der Waals surface area (Å²) in [6, 6.07) is 8.67. The van der Waals surface area contributed by atoms with Crippen LogP contribution in [0.2, 0.25) is 0 Å². The molecule has 2 aromatic rings. The van der Waals surface area contributed by atoms with Crippen LogP contribution in [0.4, 0.5) is 10.8 Å². The van der Waals surface area contributed by atoms with E-state index in [0.717, 1.165) is 37.6 Å². The van der Waals surface area contributed by atoms with Crippen LogP contribution in [0, 0.1) is 0 Å². The second-order valence-corrected chi connectivity index (χ2v) is 6.09. The highest BCUT2D eigenvalue weighted by molar-refractivity contribution is 7.15. The molecule has 0 saturated heterocycles. The van der Waals surface area contributed by atoms with Gasteiger partial charge in [-0.3, -0.25) is 0 Å². The van der Waals surface area contributed by atoms with E-state index in [2.05, 4.69) is 48.3 Å². The zero-order valence-electron chi connectivity index (χ0n) is 12.1. The molecule has 0 amide bonds. The third-order valence-electron chi connectivity index (χ3n) is 3.76. The maximum absolute atomic E-state index is 4.87. The van der Waals surface area contributed by atoms with Crippen LogP contribution in [0.25, 0.3) is 0 Å². The number of para-hydroxylation sites is 1. The van der Waals surface area contributed by atoms with Crippen LogP contribution in [0.5, 0.6) is 0 Å². The first-order chi connectivity index (χ1) is 9.83. The third kappa shape index (κ3) is 2.45. The Labute approximate surface area is 124 Å². The second-order valence-electron chi connectivity index (χ2n) is 5.03. The summed E-state index contributed by atoms with van der Waals surface area (Å²) in [6.07, 6.45) is 2.13. The minimum absolute atomic E-state index is 0.937. The Morgan fingerprint density at radius 3 is 2.95 bits per heavy atom. The van der Waals surface area contributed by atoms with E-state index in [1.807, 2.05) is 11.3 Å². The van der Waals surface area contributed by atoms with Gasteiger partial charge in [-0.25, -0.2) is 4.98 Å². The molecule has 0 atom stereocenters. The minimum atomic E-state index is 0.937. The molecule has 0 saturated carbocycles. The average molecular weight is 287 g/mol. The van der Waals surface area contributed by atoms with E-state index in [1.165, 1.54) is 21.8 Å². The van der Waals surface area contributed by atoms with Gasteiger partial charge in [0.05, 0.1) is 5.69 Å². The van der Waals surface area contributed by atoms with E-state index >= 15 is 0 Å². The van der Waals surface area contributed by atoms with Crippen LogP contribution in [-0.4, -0.2) is 18.1 Å². The quantitative estimate of drug-likeness (QED) is 0.912. The van der Waals surface area contributed by atoms with Gasteiger partial charge < -0.3 is 10.2 Å². The first-order valence-electron chi connectivity index (χ1n) is 7.38. The summed E-state index contributed by atoms with van der Waals surface area (Å²) in [4.78, 5) is 8.62. The fourth-order valence-electron chi connectivity index (χ4n) is 2.67. The summed E-state index contributed by atoms with van der Waals surface area (Å²) in [5.41, 5.74) is 4.02. The Hall–Kier alpha value is -1.39. The fourth-order valence-corrected chi connectivity index (χ4v) is 3.83. The fraction of sp³-hybridized carbons (Fsp3) is 0.438. The van der Waals surface area contributed by atoms with E-state index in [9.17, 15) is 0 Å². The topological polar surface area (TPSA) is 28.2 Å². The van der Waals surface area contributed by atoms with Crippen molar-refractivity contribution < 1.29 is 0 Å². The number of rotatable bonds is 5. The molecular formula is C16H21N3S. The molecule has 0 radical (unpaired) electrons. The number of fused-ring (bicyclic) bond motifs is 1. The number of hydrogen-bond acceptors (Lipinski definition) is 4. The lowest BCUT2D eigenvalue weighted by molar-refractivity contribution is 0.727. The van der Waals surface area contributed by atoms with Crippen molar-refractivity contribution in [3.05, 3.63) is 40.4 Å². The van der Waals surface area contributed by atoms with Crippen molar-refractivity contribution in [1.29, 1.82) is 0 Å². The molecule has 1 N–H and O–H groups in total. The van der Waals surface area contributed by atoms with E-state index in [1.54, 1.807) is 0 Å². The Bertz CT molecular complexity index is 591. The number of nitrogens with zero attached hydrogens (tertiary/aromatic N) is 2. The number of nitrogens with one attached hydrogen (secondary N) is 1. The Morgan fingerprint density at radius 2 is 2.15 bits per heavy atom. The molecule has 0 fully saturated rings. The second kappa shape index (κ2) is 5.94. The van der Waals surface area contributed by atoms with Gasteiger partial charge in [-0.05, 0) is 31.0 Å². The molecule has 3 rings (SSSR count). The maximum Gasteiger partial charge on any atom is 0.190 e. The lowest BCUT2D eigenvalue weighted by Crippen LogP contribution is -2.12. The molecule has 3 nitrogen and oxygen atoms in total. The molecule has 4 heteroatoms. The molecule has 0 spiro atoms. The smallest absolute Gasteiger partial charge is 0.190 e. The van der Waals surface area contributed by atoms with Crippen molar-refractivity contribution in [3.63, 3.8) is 0 Å². The Balaban J connectivity index is 1.90. The Morgan fingerprint density at radius 1 is 1.30 bits per heavy atom. The van der Waals surface area contributed by atoms with Gasteiger partial charge in [0, 0.05) is 23.7 Å². The molecule has 0 unspecified atom stereocenters. The van der Waals surface area contributed by atoms with Crippen molar-refractivity contribution >= 4 is 22.2 Å². The van der Waals surface area contributed by atoms with Gasteiger partial charge in [0.2, 0.25) is 0 Å². The van der Waals surface area contributed by atoms with E-state index < -0.39 is 0 Å². The van der Waals surface area contributed by atoms with Gasteiger partial charge in [-0.15, -0.1) is 0 Å². The Kier molecular flexibility index (Phi) is 4.03. The standard InChI is InChI=1S/C16H21N3S/c1-3-13-15(11-17-4-2)20-16(18-13)19-10-9-12-7-5-6-8-14(12)19/h5-8,17H,3-4,9-11H2,1-2H3. The number of hydrogen-bond donors (Lipinski definition) is 1. The molecule has 1 aliphatic rings. The zero-order valence-corrected chi connectivity index (χ0v) is 13.0. The van der Waals surface area contributed by atoms with Gasteiger partial charge in [0.1, 0.15) is 0 Å². The van der Waals surface area contributed by atoms with Crippen LogP contribution in [0.1, 0.15) is 30.0 Å². The molecule has 106 valence electrons. The highest BCUT2D eigenvalue weighted by atomic mass is 32.1. The highest BCUT2D eigenvalue weighted by Gasteiger charge is 2.23.